The SMILES string of the molecule is O=[N+]([O-])c1ccc(Cl)cc1Nc1cc(Cl)nc(C(F)(F)F)n1. The van der Waals surface area contributed by atoms with Crippen LogP contribution in [0, 0.1) is 10.1 Å². The number of alkyl halides is 3. The maximum absolute atomic E-state index is 12.6. The van der Waals surface area contributed by atoms with Crippen LogP contribution >= 0.6 is 23.2 Å². The molecule has 6 nitrogen and oxygen atoms in total. The topological polar surface area (TPSA) is 81.0 Å². The van der Waals surface area contributed by atoms with E-state index in [4.69, 9.17) is 23.2 Å². The number of benzene rings is 1. The molecule has 0 saturated heterocycles. The molecule has 0 aliphatic carbocycles. The Morgan fingerprint density at radius 2 is 1.86 bits per heavy atom. The second-order valence-corrected chi connectivity index (χ2v) is 4.76. The monoisotopic (exact) mass is 352 g/mol. The fourth-order valence-electron chi connectivity index (χ4n) is 1.51. The number of rotatable bonds is 3. The first-order valence-corrected chi connectivity index (χ1v) is 6.25. The summed E-state index contributed by atoms with van der Waals surface area (Å²) in [4.78, 5) is 16.5. The lowest BCUT2D eigenvalue weighted by molar-refractivity contribution is -0.383. The molecule has 0 saturated carbocycles. The molecule has 0 spiro atoms. The van der Waals surface area contributed by atoms with Crippen molar-refractivity contribution in [2.24, 2.45) is 0 Å². The van der Waals surface area contributed by atoms with Gasteiger partial charge >= 0.3 is 6.18 Å². The Morgan fingerprint density at radius 3 is 2.45 bits per heavy atom. The van der Waals surface area contributed by atoms with Crippen LogP contribution in [-0.4, -0.2) is 14.9 Å². The quantitative estimate of drug-likeness (QED) is 0.501. The number of halogens is 5. The molecule has 0 atom stereocenters. The average molecular weight is 353 g/mol. The van der Waals surface area contributed by atoms with Gasteiger partial charge in [0.2, 0.25) is 5.82 Å². The van der Waals surface area contributed by atoms with Gasteiger partial charge in [0.15, 0.2) is 0 Å². The van der Waals surface area contributed by atoms with E-state index in [0.717, 1.165) is 12.1 Å². The van der Waals surface area contributed by atoms with Crippen LogP contribution in [0.3, 0.4) is 0 Å². The minimum Gasteiger partial charge on any atom is -0.334 e. The van der Waals surface area contributed by atoms with Gasteiger partial charge in [-0.1, -0.05) is 23.2 Å². The van der Waals surface area contributed by atoms with E-state index < -0.39 is 22.1 Å². The number of anilines is 2. The largest absolute Gasteiger partial charge is 0.451 e. The van der Waals surface area contributed by atoms with Crippen molar-refractivity contribution in [1.82, 2.24) is 9.97 Å². The van der Waals surface area contributed by atoms with Gasteiger partial charge in [-0.25, -0.2) is 9.97 Å². The van der Waals surface area contributed by atoms with Crippen LogP contribution in [-0.2, 0) is 6.18 Å². The number of hydrogen-bond acceptors (Lipinski definition) is 5. The molecule has 1 aromatic heterocycles. The summed E-state index contributed by atoms with van der Waals surface area (Å²) in [7, 11) is 0. The Hall–Kier alpha value is -2.13. The van der Waals surface area contributed by atoms with Crippen LogP contribution in [0.4, 0.5) is 30.4 Å². The maximum atomic E-state index is 12.6. The zero-order chi connectivity index (χ0) is 16.5. The molecule has 2 aromatic rings. The summed E-state index contributed by atoms with van der Waals surface area (Å²) < 4.78 is 37.9. The number of nitrogens with zero attached hydrogens (tertiary/aromatic N) is 3. The molecule has 0 amide bonds. The zero-order valence-corrected chi connectivity index (χ0v) is 11.9. The lowest BCUT2D eigenvalue weighted by atomic mass is 10.2. The predicted molar refractivity (Wildman–Crippen MR) is 73.4 cm³/mol. The van der Waals surface area contributed by atoms with Crippen LogP contribution < -0.4 is 5.32 Å². The molecule has 2 rings (SSSR count). The second kappa shape index (κ2) is 5.93. The Morgan fingerprint density at radius 1 is 1.18 bits per heavy atom. The number of nitro benzene ring substituents is 1. The van der Waals surface area contributed by atoms with E-state index in [1.807, 2.05) is 0 Å². The van der Waals surface area contributed by atoms with Gasteiger partial charge in [-0.3, -0.25) is 10.1 Å². The molecule has 11 heteroatoms. The third-order valence-electron chi connectivity index (χ3n) is 2.37. The zero-order valence-electron chi connectivity index (χ0n) is 10.4. The van der Waals surface area contributed by atoms with Gasteiger partial charge in [0, 0.05) is 17.2 Å². The van der Waals surface area contributed by atoms with E-state index in [1.165, 1.54) is 12.1 Å². The van der Waals surface area contributed by atoms with Crippen LogP contribution in [0.25, 0.3) is 0 Å². The minimum absolute atomic E-state index is 0.125. The highest BCUT2D eigenvalue weighted by Crippen LogP contribution is 2.32. The molecule has 0 bridgehead atoms. The Labute approximate surface area is 131 Å². The number of nitro groups is 1. The van der Waals surface area contributed by atoms with Gasteiger partial charge in [0.05, 0.1) is 4.92 Å². The highest BCUT2D eigenvalue weighted by atomic mass is 35.5. The molecule has 0 unspecified atom stereocenters. The summed E-state index contributed by atoms with van der Waals surface area (Å²) in [5.74, 6) is -1.81. The van der Waals surface area contributed by atoms with E-state index in [9.17, 15) is 23.3 Å². The summed E-state index contributed by atoms with van der Waals surface area (Å²) in [5.41, 5.74) is -0.506. The molecule has 22 heavy (non-hydrogen) atoms. The fourth-order valence-corrected chi connectivity index (χ4v) is 1.87. The highest BCUT2D eigenvalue weighted by Gasteiger charge is 2.35. The number of aromatic nitrogens is 2. The van der Waals surface area contributed by atoms with Gasteiger partial charge < -0.3 is 5.32 Å². The molecular formula is C11H5Cl2F3N4O2. The molecule has 0 aliphatic heterocycles. The van der Waals surface area contributed by atoms with Crippen LogP contribution in [0.15, 0.2) is 24.3 Å². The number of nitrogens with one attached hydrogen (secondary N) is 1. The normalized spacial score (nSPS) is 11.3. The van der Waals surface area contributed by atoms with Gasteiger partial charge in [-0.05, 0) is 12.1 Å². The highest BCUT2D eigenvalue weighted by molar-refractivity contribution is 6.31. The van der Waals surface area contributed by atoms with E-state index in [0.29, 0.717) is 0 Å². The maximum Gasteiger partial charge on any atom is 0.451 e. The summed E-state index contributed by atoms with van der Waals surface area (Å²) in [6.45, 7) is 0. The predicted octanol–water partition coefficient (Wildman–Crippen LogP) is 4.45. The molecule has 0 aliphatic rings. The van der Waals surface area contributed by atoms with Crippen molar-refractivity contribution in [1.29, 1.82) is 0 Å². The third-order valence-corrected chi connectivity index (χ3v) is 2.80. The van der Waals surface area contributed by atoms with E-state index in [1.54, 1.807) is 0 Å². The van der Waals surface area contributed by atoms with Crippen molar-refractivity contribution < 1.29 is 18.1 Å². The van der Waals surface area contributed by atoms with Crippen molar-refractivity contribution in [3.8, 4) is 0 Å². The Kier molecular flexibility index (Phi) is 4.38. The third kappa shape index (κ3) is 3.74. The van der Waals surface area contributed by atoms with E-state index in [2.05, 4.69) is 15.3 Å². The fraction of sp³-hybridized carbons (Fsp3) is 0.0909. The van der Waals surface area contributed by atoms with E-state index in [-0.39, 0.29) is 22.2 Å². The van der Waals surface area contributed by atoms with Crippen molar-refractivity contribution in [3.63, 3.8) is 0 Å². The first kappa shape index (κ1) is 16.2. The Bertz CT molecular complexity index is 740. The van der Waals surface area contributed by atoms with Crippen LogP contribution in [0.2, 0.25) is 10.2 Å². The van der Waals surface area contributed by atoms with Gasteiger partial charge in [0.25, 0.3) is 5.69 Å². The van der Waals surface area contributed by atoms with Crippen molar-refractivity contribution in [2.45, 2.75) is 6.18 Å². The molecule has 0 fully saturated rings. The molecule has 116 valence electrons. The molecule has 1 aromatic carbocycles. The van der Waals surface area contributed by atoms with E-state index >= 15 is 0 Å². The van der Waals surface area contributed by atoms with Gasteiger partial charge in [-0.15, -0.1) is 0 Å². The van der Waals surface area contributed by atoms with Gasteiger partial charge in [0.1, 0.15) is 16.7 Å². The summed E-state index contributed by atoms with van der Waals surface area (Å²) in [5, 5.41) is 13.0. The van der Waals surface area contributed by atoms with Crippen molar-refractivity contribution in [2.75, 3.05) is 5.32 Å². The molecular weight excluding hydrogens is 348 g/mol. The average Bonchev–Trinajstić information content (AvgIpc) is 2.36. The first-order chi connectivity index (χ1) is 10.2. The second-order valence-electron chi connectivity index (χ2n) is 3.94. The van der Waals surface area contributed by atoms with Crippen molar-refractivity contribution in [3.05, 3.63) is 50.4 Å². The van der Waals surface area contributed by atoms with Crippen molar-refractivity contribution >= 4 is 40.4 Å². The number of hydrogen-bond donors (Lipinski definition) is 1. The molecule has 1 heterocycles. The van der Waals surface area contributed by atoms with Gasteiger partial charge in [-0.2, -0.15) is 13.2 Å². The lowest BCUT2D eigenvalue weighted by Gasteiger charge is -2.10. The summed E-state index contributed by atoms with van der Waals surface area (Å²) >= 11 is 11.2. The molecule has 1 N–H and O–H groups in total. The van der Waals surface area contributed by atoms with Crippen LogP contribution in [0.1, 0.15) is 5.82 Å². The standard InChI is InChI=1S/C11H5Cl2F3N4O2/c12-5-1-2-7(20(21)22)6(3-5)17-9-4-8(13)18-10(19-9)11(14,15)16/h1-4H,(H,17,18,19). The minimum atomic E-state index is -4.80. The smallest absolute Gasteiger partial charge is 0.334 e. The summed E-state index contributed by atoms with van der Waals surface area (Å²) in [6, 6.07) is 4.57. The molecule has 0 radical (unpaired) electrons. The Balaban J connectivity index is 2.45. The lowest BCUT2D eigenvalue weighted by Crippen LogP contribution is -2.12. The summed E-state index contributed by atoms with van der Waals surface area (Å²) in [6.07, 6.45) is -4.80. The first-order valence-electron chi connectivity index (χ1n) is 5.49. The van der Waals surface area contributed by atoms with Crippen LogP contribution in [0.5, 0.6) is 0 Å².